The average molecular weight is 394 g/mol. The number of halogens is 5. The standard InChI is InChI=1S/C13H18F3N3O3.2ClH/c1-21-5-4-17-8-11(20)19-7-10-2-3-18-12(6-10)22-9-13(14,15)16;;/h2-3,6,17H,4-5,7-9H2,1H3,(H,19,20);2*1H. The molecule has 0 saturated carbocycles. The van der Waals surface area contributed by atoms with E-state index in [0.29, 0.717) is 18.7 Å². The second kappa shape index (κ2) is 13.1. The first-order chi connectivity index (χ1) is 10.4. The number of nitrogens with zero attached hydrogens (tertiary/aromatic N) is 1. The lowest BCUT2D eigenvalue weighted by atomic mass is 10.2. The Kier molecular flexibility index (Phi) is 13.6. The minimum absolute atomic E-state index is 0. The smallest absolute Gasteiger partial charge is 0.422 e. The van der Waals surface area contributed by atoms with Crippen molar-refractivity contribution in [2.75, 3.05) is 33.4 Å². The largest absolute Gasteiger partial charge is 0.468 e. The Morgan fingerprint density at radius 3 is 2.67 bits per heavy atom. The molecule has 0 atom stereocenters. The van der Waals surface area contributed by atoms with E-state index in [4.69, 9.17) is 4.74 Å². The van der Waals surface area contributed by atoms with Gasteiger partial charge >= 0.3 is 6.18 Å². The van der Waals surface area contributed by atoms with Crippen LogP contribution >= 0.6 is 24.8 Å². The molecule has 0 radical (unpaired) electrons. The highest BCUT2D eigenvalue weighted by Gasteiger charge is 2.28. The Morgan fingerprint density at radius 2 is 2.04 bits per heavy atom. The Hall–Kier alpha value is -1.29. The fourth-order valence-corrected chi connectivity index (χ4v) is 1.43. The van der Waals surface area contributed by atoms with Gasteiger partial charge in [-0.2, -0.15) is 13.2 Å². The van der Waals surface area contributed by atoms with E-state index in [1.165, 1.54) is 12.3 Å². The molecule has 1 aromatic rings. The first-order valence-corrected chi connectivity index (χ1v) is 6.51. The van der Waals surface area contributed by atoms with Gasteiger partial charge in [0.1, 0.15) is 0 Å². The van der Waals surface area contributed by atoms with Gasteiger partial charge in [-0.05, 0) is 11.6 Å². The van der Waals surface area contributed by atoms with Crippen molar-refractivity contribution >= 4 is 30.7 Å². The molecular weight excluding hydrogens is 374 g/mol. The lowest BCUT2D eigenvalue weighted by Crippen LogP contribution is -2.34. The third kappa shape index (κ3) is 12.2. The monoisotopic (exact) mass is 393 g/mol. The number of pyridine rings is 1. The van der Waals surface area contributed by atoms with Crippen molar-refractivity contribution in [3.05, 3.63) is 23.9 Å². The van der Waals surface area contributed by atoms with Crippen molar-refractivity contribution in [3.8, 4) is 5.88 Å². The van der Waals surface area contributed by atoms with Gasteiger partial charge in [-0.25, -0.2) is 4.98 Å². The molecule has 0 unspecified atom stereocenters. The van der Waals surface area contributed by atoms with Crippen molar-refractivity contribution in [3.63, 3.8) is 0 Å². The van der Waals surface area contributed by atoms with Gasteiger partial charge in [0.15, 0.2) is 6.61 Å². The summed E-state index contributed by atoms with van der Waals surface area (Å²) in [5.41, 5.74) is 0.595. The number of methoxy groups -OCH3 is 1. The maximum Gasteiger partial charge on any atom is 0.422 e. The van der Waals surface area contributed by atoms with E-state index in [1.54, 1.807) is 13.2 Å². The molecule has 2 N–H and O–H groups in total. The number of hydrogen-bond donors (Lipinski definition) is 2. The number of hydrogen-bond acceptors (Lipinski definition) is 5. The van der Waals surface area contributed by atoms with Crippen molar-refractivity contribution < 1.29 is 27.4 Å². The molecule has 0 bridgehead atoms. The Labute approximate surface area is 150 Å². The Morgan fingerprint density at radius 1 is 1.33 bits per heavy atom. The molecule has 1 aromatic heterocycles. The predicted molar refractivity (Wildman–Crippen MR) is 86.9 cm³/mol. The van der Waals surface area contributed by atoms with Gasteiger partial charge in [-0.3, -0.25) is 4.79 Å². The summed E-state index contributed by atoms with van der Waals surface area (Å²) in [4.78, 5) is 15.2. The molecule has 11 heteroatoms. The molecule has 1 amide bonds. The zero-order chi connectivity index (χ0) is 16.4. The number of aromatic nitrogens is 1. The number of amides is 1. The zero-order valence-corrected chi connectivity index (χ0v) is 14.5. The fourth-order valence-electron chi connectivity index (χ4n) is 1.43. The molecule has 0 aliphatic carbocycles. The van der Waals surface area contributed by atoms with Crippen molar-refractivity contribution in [1.29, 1.82) is 0 Å². The summed E-state index contributed by atoms with van der Waals surface area (Å²) in [7, 11) is 1.56. The van der Waals surface area contributed by atoms with E-state index in [1.807, 2.05) is 0 Å². The van der Waals surface area contributed by atoms with Gasteiger partial charge in [0.05, 0.1) is 13.2 Å². The maximum atomic E-state index is 12.0. The van der Waals surface area contributed by atoms with Crippen LogP contribution in [0, 0.1) is 0 Å². The summed E-state index contributed by atoms with van der Waals surface area (Å²) < 4.78 is 45.5. The molecular formula is C13H20Cl2F3N3O3. The molecule has 0 fully saturated rings. The van der Waals surface area contributed by atoms with Gasteiger partial charge in [-0.15, -0.1) is 24.8 Å². The molecule has 0 aliphatic heterocycles. The molecule has 0 spiro atoms. The highest BCUT2D eigenvalue weighted by atomic mass is 35.5. The van der Waals surface area contributed by atoms with Gasteiger partial charge in [-0.1, -0.05) is 0 Å². The second-order valence-corrected chi connectivity index (χ2v) is 4.35. The first-order valence-electron chi connectivity index (χ1n) is 6.51. The highest BCUT2D eigenvalue weighted by Crippen LogP contribution is 2.17. The van der Waals surface area contributed by atoms with Gasteiger partial charge in [0, 0.05) is 32.5 Å². The van der Waals surface area contributed by atoms with Crippen LogP contribution in [0.1, 0.15) is 5.56 Å². The summed E-state index contributed by atoms with van der Waals surface area (Å²) >= 11 is 0. The second-order valence-electron chi connectivity index (χ2n) is 4.35. The van der Waals surface area contributed by atoms with Crippen molar-refractivity contribution in [2.24, 2.45) is 0 Å². The molecule has 140 valence electrons. The first kappa shape index (κ1) is 25.0. The summed E-state index contributed by atoms with van der Waals surface area (Å²) in [5, 5.41) is 5.50. The minimum Gasteiger partial charge on any atom is -0.468 e. The highest BCUT2D eigenvalue weighted by molar-refractivity contribution is 5.85. The summed E-state index contributed by atoms with van der Waals surface area (Å²) in [6.07, 6.45) is -3.09. The molecule has 1 heterocycles. The third-order valence-electron chi connectivity index (χ3n) is 2.44. The van der Waals surface area contributed by atoms with Crippen LogP contribution in [0.3, 0.4) is 0 Å². The summed E-state index contributed by atoms with van der Waals surface area (Å²) in [6, 6.07) is 2.93. The SMILES string of the molecule is COCCNCC(=O)NCc1ccnc(OCC(F)(F)F)c1.Cl.Cl. The maximum absolute atomic E-state index is 12.0. The molecule has 6 nitrogen and oxygen atoms in total. The van der Waals surface area contributed by atoms with Crippen LogP contribution < -0.4 is 15.4 Å². The average Bonchev–Trinajstić information content (AvgIpc) is 2.47. The van der Waals surface area contributed by atoms with Gasteiger partial charge < -0.3 is 20.1 Å². The molecule has 24 heavy (non-hydrogen) atoms. The number of rotatable bonds is 9. The van der Waals surface area contributed by atoms with E-state index >= 15 is 0 Å². The van der Waals surface area contributed by atoms with Gasteiger partial charge in [0.25, 0.3) is 0 Å². The van der Waals surface area contributed by atoms with Crippen LogP contribution in [-0.2, 0) is 16.1 Å². The van der Waals surface area contributed by atoms with Crippen LogP contribution in [0.4, 0.5) is 13.2 Å². The number of carbonyl (C=O) groups excluding carboxylic acids is 1. The number of ether oxygens (including phenoxy) is 2. The third-order valence-corrected chi connectivity index (χ3v) is 2.44. The predicted octanol–water partition coefficient (Wildman–Crippen LogP) is 1.72. The molecule has 0 aliphatic rings. The fraction of sp³-hybridized carbons (Fsp3) is 0.538. The number of carbonyl (C=O) groups is 1. The van der Waals surface area contributed by atoms with E-state index in [0.717, 1.165) is 0 Å². The molecule has 0 saturated heterocycles. The number of nitrogens with one attached hydrogen (secondary N) is 2. The number of alkyl halides is 3. The van der Waals surface area contributed by atoms with Crippen LogP contribution in [0.15, 0.2) is 18.3 Å². The zero-order valence-electron chi connectivity index (χ0n) is 12.9. The minimum atomic E-state index is -4.42. The Balaban J connectivity index is 0. The summed E-state index contributed by atoms with van der Waals surface area (Å²) in [6.45, 7) is -0.0487. The van der Waals surface area contributed by atoms with E-state index in [-0.39, 0.29) is 49.7 Å². The van der Waals surface area contributed by atoms with Crippen molar-refractivity contribution in [2.45, 2.75) is 12.7 Å². The van der Waals surface area contributed by atoms with Crippen molar-refractivity contribution in [1.82, 2.24) is 15.6 Å². The molecule has 1 rings (SSSR count). The molecule has 0 aromatic carbocycles. The lowest BCUT2D eigenvalue weighted by molar-refractivity contribution is -0.154. The topological polar surface area (TPSA) is 72.5 Å². The Bertz CT molecular complexity index is 479. The van der Waals surface area contributed by atoms with E-state index in [2.05, 4.69) is 20.4 Å². The van der Waals surface area contributed by atoms with Crippen LogP contribution in [0.5, 0.6) is 5.88 Å². The summed E-state index contributed by atoms with van der Waals surface area (Å²) in [5.74, 6) is -0.368. The van der Waals surface area contributed by atoms with E-state index < -0.39 is 12.8 Å². The van der Waals surface area contributed by atoms with Crippen LogP contribution in [-0.4, -0.2) is 50.5 Å². The lowest BCUT2D eigenvalue weighted by Gasteiger charge is -2.10. The van der Waals surface area contributed by atoms with Crippen LogP contribution in [0.25, 0.3) is 0 Å². The van der Waals surface area contributed by atoms with E-state index in [9.17, 15) is 18.0 Å². The normalized spacial score (nSPS) is 10.3. The quantitative estimate of drug-likeness (QED) is 0.625. The van der Waals surface area contributed by atoms with Crippen LogP contribution in [0.2, 0.25) is 0 Å². The van der Waals surface area contributed by atoms with Gasteiger partial charge in [0.2, 0.25) is 11.8 Å².